The van der Waals surface area contributed by atoms with Gasteiger partial charge in [0.25, 0.3) is 0 Å². The van der Waals surface area contributed by atoms with E-state index in [0.29, 0.717) is 23.0 Å². The number of nitrogens with two attached hydrogens (primary N) is 1. The van der Waals surface area contributed by atoms with Crippen LogP contribution in [-0.2, 0) is 13.2 Å². The van der Waals surface area contributed by atoms with Gasteiger partial charge in [-0.1, -0.05) is 37.7 Å². The summed E-state index contributed by atoms with van der Waals surface area (Å²) in [4.78, 5) is 5.00. The van der Waals surface area contributed by atoms with Crippen LogP contribution in [0.2, 0.25) is 0 Å². The number of hydrogen-bond acceptors (Lipinski definition) is 4. The molecule has 142 valence electrons. The van der Waals surface area contributed by atoms with E-state index < -0.39 is 11.6 Å². The SMILES string of the molecule is CC(C)c1nc(CO)n(Cc2ccc(N)cc2)c1Sc1cc(F)cc(F)c1. The molecule has 1 aromatic heterocycles. The summed E-state index contributed by atoms with van der Waals surface area (Å²) in [7, 11) is 0. The van der Waals surface area contributed by atoms with Crippen LogP contribution < -0.4 is 5.73 Å². The molecule has 3 aromatic rings. The van der Waals surface area contributed by atoms with E-state index in [1.165, 1.54) is 23.9 Å². The smallest absolute Gasteiger partial charge is 0.136 e. The fraction of sp³-hybridized carbons (Fsp3) is 0.250. The Morgan fingerprint density at radius 3 is 2.30 bits per heavy atom. The average molecular weight is 389 g/mol. The summed E-state index contributed by atoms with van der Waals surface area (Å²) < 4.78 is 29.1. The Morgan fingerprint density at radius 1 is 1.11 bits per heavy atom. The zero-order valence-electron chi connectivity index (χ0n) is 15.1. The summed E-state index contributed by atoms with van der Waals surface area (Å²) in [6.45, 7) is 4.23. The normalized spacial score (nSPS) is 11.3. The second kappa shape index (κ2) is 8.10. The summed E-state index contributed by atoms with van der Waals surface area (Å²) in [6, 6.07) is 10.8. The topological polar surface area (TPSA) is 64.1 Å². The second-order valence-corrected chi connectivity index (χ2v) is 7.63. The first-order valence-corrected chi connectivity index (χ1v) is 9.37. The largest absolute Gasteiger partial charge is 0.399 e. The molecule has 0 atom stereocenters. The Balaban J connectivity index is 2.06. The zero-order valence-corrected chi connectivity index (χ0v) is 15.9. The van der Waals surface area contributed by atoms with E-state index in [1.54, 1.807) is 0 Å². The molecule has 0 saturated carbocycles. The van der Waals surface area contributed by atoms with Crippen molar-refractivity contribution in [2.75, 3.05) is 5.73 Å². The Labute approximate surface area is 161 Å². The molecule has 3 rings (SSSR count). The molecular formula is C20H21F2N3OS. The maximum absolute atomic E-state index is 13.6. The van der Waals surface area contributed by atoms with Gasteiger partial charge in [-0.15, -0.1) is 0 Å². The zero-order chi connectivity index (χ0) is 19.6. The summed E-state index contributed by atoms with van der Waals surface area (Å²) in [5.41, 5.74) is 8.18. The molecule has 0 saturated heterocycles. The Kier molecular flexibility index (Phi) is 5.82. The van der Waals surface area contributed by atoms with Crippen LogP contribution in [0.3, 0.4) is 0 Å². The van der Waals surface area contributed by atoms with Gasteiger partial charge in [-0.3, -0.25) is 0 Å². The van der Waals surface area contributed by atoms with Crippen LogP contribution in [0.4, 0.5) is 14.5 Å². The molecule has 0 aliphatic rings. The predicted octanol–water partition coefficient (Wildman–Crippen LogP) is 4.56. The van der Waals surface area contributed by atoms with E-state index >= 15 is 0 Å². The number of rotatable bonds is 6. The van der Waals surface area contributed by atoms with Crippen LogP contribution in [0, 0.1) is 11.6 Å². The van der Waals surface area contributed by atoms with E-state index in [9.17, 15) is 13.9 Å². The highest BCUT2D eigenvalue weighted by Crippen LogP contribution is 2.36. The molecule has 0 spiro atoms. The van der Waals surface area contributed by atoms with Crippen molar-refractivity contribution < 1.29 is 13.9 Å². The van der Waals surface area contributed by atoms with E-state index in [0.717, 1.165) is 22.3 Å². The van der Waals surface area contributed by atoms with E-state index in [-0.39, 0.29) is 12.5 Å². The summed E-state index contributed by atoms with van der Waals surface area (Å²) in [5, 5.41) is 10.5. The fourth-order valence-corrected chi connectivity index (χ4v) is 4.01. The third kappa shape index (κ3) is 4.48. The Bertz CT molecular complexity index is 919. The molecule has 27 heavy (non-hydrogen) atoms. The van der Waals surface area contributed by atoms with E-state index in [4.69, 9.17) is 5.73 Å². The van der Waals surface area contributed by atoms with Crippen LogP contribution in [0.25, 0.3) is 0 Å². The molecule has 0 fully saturated rings. The van der Waals surface area contributed by atoms with Gasteiger partial charge in [0.1, 0.15) is 29.1 Å². The number of nitrogen functional groups attached to an aromatic ring is 1. The molecule has 1 heterocycles. The summed E-state index contributed by atoms with van der Waals surface area (Å²) in [6.07, 6.45) is 0. The van der Waals surface area contributed by atoms with Crippen molar-refractivity contribution in [2.45, 2.75) is 42.8 Å². The minimum absolute atomic E-state index is 0.0869. The number of aromatic nitrogens is 2. The lowest BCUT2D eigenvalue weighted by molar-refractivity contribution is 0.265. The summed E-state index contributed by atoms with van der Waals surface area (Å²) >= 11 is 1.24. The van der Waals surface area contributed by atoms with Crippen LogP contribution in [0.1, 0.15) is 36.8 Å². The molecule has 7 heteroatoms. The monoisotopic (exact) mass is 389 g/mol. The molecule has 0 unspecified atom stereocenters. The number of aliphatic hydroxyl groups is 1. The number of anilines is 1. The van der Waals surface area contributed by atoms with Crippen molar-refractivity contribution in [1.29, 1.82) is 0 Å². The first kappa shape index (κ1) is 19.4. The van der Waals surface area contributed by atoms with Crippen molar-refractivity contribution >= 4 is 17.4 Å². The van der Waals surface area contributed by atoms with Crippen molar-refractivity contribution in [2.24, 2.45) is 0 Å². The van der Waals surface area contributed by atoms with Gasteiger partial charge in [0.15, 0.2) is 0 Å². The molecule has 2 aromatic carbocycles. The van der Waals surface area contributed by atoms with Gasteiger partial charge < -0.3 is 15.4 Å². The highest BCUT2D eigenvalue weighted by molar-refractivity contribution is 7.99. The number of imidazole rings is 1. The predicted molar refractivity (Wildman–Crippen MR) is 103 cm³/mol. The quantitative estimate of drug-likeness (QED) is 0.607. The number of benzene rings is 2. The number of hydrogen-bond donors (Lipinski definition) is 2. The number of nitrogens with zero attached hydrogens (tertiary/aromatic N) is 2. The van der Waals surface area contributed by atoms with Gasteiger partial charge in [0, 0.05) is 23.2 Å². The molecular weight excluding hydrogens is 368 g/mol. The van der Waals surface area contributed by atoms with Crippen molar-refractivity contribution in [3.05, 3.63) is 71.2 Å². The van der Waals surface area contributed by atoms with Crippen molar-refractivity contribution in [3.8, 4) is 0 Å². The third-order valence-corrected chi connectivity index (χ3v) is 5.18. The van der Waals surface area contributed by atoms with Gasteiger partial charge in [0.2, 0.25) is 0 Å². The molecule has 0 amide bonds. The van der Waals surface area contributed by atoms with Crippen LogP contribution >= 0.6 is 11.8 Å². The Morgan fingerprint density at radius 2 is 1.74 bits per heavy atom. The summed E-state index contributed by atoms with van der Waals surface area (Å²) in [5.74, 6) is -0.662. The fourth-order valence-electron chi connectivity index (χ4n) is 2.77. The lowest BCUT2D eigenvalue weighted by Gasteiger charge is -2.13. The third-order valence-electron chi connectivity index (χ3n) is 4.08. The van der Waals surface area contributed by atoms with E-state index in [1.807, 2.05) is 42.7 Å². The molecule has 0 aliphatic heterocycles. The maximum atomic E-state index is 13.6. The number of halogens is 2. The molecule has 0 radical (unpaired) electrons. The maximum Gasteiger partial charge on any atom is 0.136 e. The van der Waals surface area contributed by atoms with Gasteiger partial charge in [-0.2, -0.15) is 0 Å². The first-order valence-electron chi connectivity index (χ1n) is 8.56. The van der Waals surface area contributed by atoms with E-state index in [2.05, 4.69) is 4.98 Å². The van der Waals surface area contributed by atoms with Crippen molar-refractivity contribution in [1.82, 2.24) is 9.55 Å². The molecule has 0 aliphatic carbocycles. The van der Waals surface area contributed by atoms with Crippen LogP contribution in [0.5, 0.6) is 0 Å². The number of aliphatic hydroxyl groups excluding tert-OH is 1. The lowest BCUT2D eigenvalue weighted by atomic mass is 10.1. The highest BCUT2D eigenvalue weighted by Gasteiger charge is 2.21. The second-order valence-electron chi connectivity index (χ2n) is 6.57. The van der Waals surface area contributed by atoms with Gasteiger partial charge in [0.05, 0.1) is 5.69 Å². The molecule has 3 N–H and O–H groups in total. The first-order chi connectivity index (χ1) is 12.9. The Hall–Kier alpha value is -2.38. The molecule has 4 nitrogen and oxygen atoms in total. The minimum atomic E-state index is -0.629. The van der Waals surface area contributed by atoms with Crippen molar-refractivity contribution in [3.63, 3.8) is 0 Å². The highest BCUT2D eigenvalue weighted by atomic mass is 32.2. The average Bonchev–Trinajstić information content (AvgIpc) is 2.94. The lowest BCUT2D eigenvalue weighted by Crippen LogP contribution is -2.07. The van der Waals surface area contributed by atoms with Crippen LogP contribution in [0.15, 0.2) is 52.4 Å². The standard InChI is InChI=1S/C20H21F2N3OS/c1-12(2)19-20(27-17-8-14(21)7-15(22)9-17)25(18(11-26)24-19)10-13-3-5-16(23)6-4-13/h3-9,12,26H,10-11,23H2,1-2H3. The molecule has 0 bridgehead atoms. The van der Waals surface area contributed by atoms with Gasteiger partial charge in [-0.25, -0.2) is 13.8 Å². The minimum Gasteiger partial charge on any atom is -0.399 e. The van der Waals surface area contributed by atoms with Gasteiger partial charge >= 0.3 is 0 Å². The van der Waals surface area contributed by atoms with Crippen LogP contribution in [-0.4, -0.2) is 14.7 Å². The van der Waals surface area contributed by atoms with Gasteiger partial charge in [-0.05, 0) is 35.7 Å².